The molecule has 0 aromatic carbocycles. The van der Waals surface area contributed by atoms with E-state index in [9.17, 15) is 30.6 Å². The van der Waals surface area contributed by atoms with E-state index in [0.717, 1.165) is 0 Å². The average molecular weight is 309 g/mol. The summed E-state index contributed by atoms with van der Waals surface area (Å²) in [5.41, 5.74) is 0. The minimum Gasteiger partial charge on any atom is -0.394 e. The van der Waals surface area contributed by atoms with E-state index in [1.165, 1.54) is 6.92 Å². The van der Waals surface area contributed by atoms with Gasteiger partial charge in [0.1, 0.15) is 48.8 Å². The van der Waals surface area contributed by atoms with Crippen LogP contribution in [0.15, 0.2) is 0 Å². The molecule has 9 heteroatoms. The van der Waals surface area contributed by atoms with Crippen molar-refractivity contribution >= 4 is 0 Å². The van der Waals surface area contributed by atoms with E-state index in [0.29, 0.717) is 0 Å². The van der Waals surface area contributed by atoms with Crippen LogP contribution in [0.3, 0.4) is 0 Å². The van der Waals surface area contributed by atoms with E-state index >= 15 is 0 Å². The summed E-state index contributed by atoms with van der Waals surface area (Å²) in [4.78, 5) is 0. The Morgan fingerprint density at radius 1 is 0.857 bits per heavy atom. The third kappa shape index (κ3) is 2.93. The maximum atomic E-state index is 9.95. The standard InChI is InChI=1S/C12H21O9/c1-3-5(14)7(16)9(18)11(20-3)12-10(19)8(17)6(15)4(2-13)21-12/h3-11,13-19H,2H2,1H3/t3-,4-,5-,6-,7+,8+,9+,10-,11?/m1/s1. The summed E-state index contributed by atoms with van der Waals surface area (Å²) >= 11 is 0. The highest BCUT2D eigenvalue weighted by Crippen LogP contribution is 2.35. The van der Waals surface area contributed by atoms with Gasteiger partial charge in [-0.15, -0.1) is 0 Å². The lowest BCUT2D eigenvalue weighted by Crippen LogP contribution is -2.64. The van der Waals surface area contributed by atoms with Crippen molar-refractivity contribution in [2.24, 2.45) is 0 Å². The SMILES string of the molecule is C[C@H]1OC([C]2O[C@H](CO)[C@@H](O)[C@H](O)[C@H]2O)[C@@H](O)[C@@H](O)[C@@H]1O. The molecule has 1 unspecified atom stereocenters. The largest absolute Gasteiger partial charge is 0.394 e. The summed E-state index contributed by atoms with van der Waals surface area (Å²) in [6, 6.07) is 0. The Morgan fingerprint density at radius 3 is 2.05 bits per heavy atom. The van der Waals surface area contributed by atoms with E-state index < -0.39 is 61.5 Å². The number of ether oxygens (including phenoxy) is 2. The number of hydrogen-bond acceptors (Lipinski definition) is 9. The first-order chi connectivity index (χ1) is 9.79. The Balaban J connectivity index is 2.19. The molecule has 0 amide bonds. The van der Waals surface area contributed by atoms with E-state index in [4.69, 9.17) is 14.6 Å². The molecule has 2 rings (SSSR count). The van der Waals surface area contributed by atoms with Gasteiger partial charge in [0, 0.05) is 0 Å². The van der Waals surface area contributed by atoms with Gasteiger partial charge in [-0.25, -0.2) is 0 Å². The van der Waals surface area contributed by atoms with Crippen LogP contribution in [0.2, 0.25) is 0 Å². The number of hydrogen-bond donors (Lipinski definition) is 7. The molecule has 9 atom stereocenters. The molecule has 0 saturated carbocycles. The van der Waals surface area contributed by atoms with Crippen LogP contribution in [0.4, 0.5) is 0 Å². The van der Waals surface area contributed by atoms with Crippen LogP contribution in [0.5, 0.6) is 0 Å². The molecule has 21 heavy (non-hydrogen) atoms. The third-order valence-corrected chi connectivity index (χ3v) is 3.95. The van der Waals surface area contributed by atoms with Crippen LogP contribution in [0, 0.1) is 6.10 Å². The smallest absolute Gasteiger partial charge is 0.160 e. The molecule has 0 aliphatic carbocycles. The average Bonchev–Trinajstić information content (AvgIpc) is 2.47. The fraction of sp³-hybridized carbons (Fsp3) is 0.917. The van der Waals surface area contributed by atoms with Crippen molar-refractivity contribution in [2.45, 2.75) is 61.9 Å². The molecule has 2 saturated heterocycles. The van der Waals surface area contributed by atoms with Crippen molar-refractivity contribution < 1.29 is 45.2 Å². The molecule has 2 aliphatic heterocycles. The van der Waals surface area contributed by atoms with Gasteiger partial charge in [0.15, 0.2) is 6.10 Å². The Hall–Kier alpha value is -0.360. The highest BCUT2D eigenvalue weighted by Gasteiger charge is 2.53. The summed E-state index contributed by atoms with van der Waals surface area (Å²) in [5, 5.41) is 67.8. The molecule has 9 nitrogen and oxygen atoms in total. The van der Waals surface area contributed by atoms with Gasteiger partial charge in [-0.3, -0.25) is 0 Å². The molecule has 2 fully saturated rings. The highest BCUT2D eigenvalue weighted by molar-refractivity contribution is 5.11. The van der Waals surface area contributed by atoms with Crippen molar-refractivity contribution in [1.29, 1.82) is 0 Å². The van der Waals surface area contributed by atoms with Crippen LogP contribution < -0.4 is 0 Å². The summed E-state index contributed by atoms with van der Waals surface area (Å²) in [7, 11) is 0. The van der Waals surface area contributed by atoms with Crippen molar-refractivity contribution in [1.82, 2.24) is 0 Å². The van der Waals surface area contributed by atoms with Crippen molar-refractivity contribution in [3.8, 4) is 0 Å². The van der Waals surface area contributed by atoms with Gasteiger partial charge in [-0.1, -0.05) is 0 Å². The predicted molar refractivity (Wildman–Crippen MR) is 65.6 cm³/mol. The molecule has 0 aromatic rings. The summed E-state index contributed by atoms with van der Waals surface area (Å²) < 4.78 is 10.5. The predicted octanol–water partition coefficient (Wildman–Crippen LogP) is -4.14. The third-order valence-electron chi connectivity index (χ3n) is 3.95. The van der Waals surface area contributed by atoms with E-state index in [1.54, 1.807) is 0 Å². The lowest BCUT2D eigenvalue weighted by Gasteiger charge is -2.47. The number of rotatable bonds is 2. The monoisotopic (exact) mass is 309 g/mol. The van der Waals surface area contributed by atoms with Gasteiger partial charge in [-0.2, -0.15) is 0 Å². The summed E-state index contributed by atoms with van der Waals surface area (Å²) in [6.07, 6.45) is -12.9. The summed E-state index contributed by atoms with van der Waals surface area (Å²) in [5.74, 6) is 0. The van der Waals surface area contributed by atoms with E-state index in [-0.39, 0.29) is 6.10 Å². The maximum Gasteiger partial charge on any atom is 0.160 e. The Bertz CT molecular complexity index is 352. The van der Waals surface area contributed by atoms with Gasteiger partial charge >= 0.3 is 0 Å². The van der Waals surface area contributed by atoms with Crippen LogP contribution >= 0.6 is 0 Å². The molecule has 7 N–H and O–H groups in total. The van der Waals surface area contributed by atoms with Crippen LogP contribution in [0.25, 0.3) is 0 Å². The van der Waals surface area contributed by atoms with Gasteiger partial charge in [0.05, 0.1) is 12.7 Å². The maximum absolute atomic E-state index is 9.95. The molecular weight excluding hydrogens is 288 g/mol. The molecule has 0 aromatic heterocycles. The topological polar surface area (TPSA) is 160 Å². The van der Waals surface area contributed by atoms with Gasteiger partial charge in [0.2, 0.25) is 0 Å². The second-order valence-corrected chi connectivity index (χ2v) is 5.40. The lowest BCUT2D eigenvalue weighted by molar-refractivity contribution is -0.262. The van der Waals surface area contributed by atoms with Crippen LogP contribution in [-0.2, 0) is 9.47 Å². The van der Waals surface area contributed by atoms with E-state index in [1.807, 2.05) is 0 Å². The zero-order chi connectivity index (χ0) is 15.9. The minimum atomic E-state index is -1.67. The van der Waals surface area contributed by atoms with Crippen LogP contribution in [-0.4, -0.2) is 97.3 Å². The minimum absolute atomic E-state index is 0.308. The van der Waals surface area contributed by atoms with Gasteiger partial charge in [0.25, 0.3) is 0 Å². The molecule has 2 aliphatic rings. The molecule has 0 bridgehead atoms. The molecule has 123 valence electrons. The normalized spacial score (nSPS) is 52.9. The fourth-order valence-corrected chi connectivity index (χ4v) is 2.56. The first-order valence-corrected chi connectivity index (χ1v) is 6.67. The Kier molecular flexibility index (Phi) is 5.19. The number of aliphatic hydroxyl groups is 7. The Labute approximate surface area is 121 Å². The number of aliphatic hydroxyl groups excluding tert-OH is 7. The Morgan fingerprint density at radius 2 is 1.48 bits per heavy atom. The van der Waals surface area contributed by atoms with Crippen LogP contribution in [0.1, 0.15) is 6.92 Å². The summed E-state index contributed by atoms with van der Waals surface area (Å²) in [6.45, 7) is 0.829. The fourth-order valence-electron chi connectivity index (χ4n) is 2.56. The second kappa shape index (κ2) is 6.41. The van der Waals surface area contributed by atoms with E-state index in [2.05, 4.69) is 0 Å². The molecule has 0 spiro atoms. The van der Waals surface area contributed by atoms with Crippen molar-refractivity contribution in [3.05, 3.63) is 6.10 Å². The van der Waals surface area contributed by atoms with Gasteiger partial charge in [-0.05, 0) is 6.92 Å². The zero-order valence-electron chi connectivity index (χ0n) is 11.4. The first kappa shape index (κ1) is 17.0. The van der Waals surface area contributed by atoms with Crippen molar-refractivity contribution in [3.63, 3.8) is 0 Å². The van der Waals surface area contributed by atoms with Crippen molar-refractivity contribution in [2.75, 3.05) is 6.61 Å². The molecule has 2 heterocycles. The highest BCUT2D eigenvalue weighted by atomic mass is 16.6. The zero-order valence-corrected chi connectivity index (χ0v) is 11.4. The van der Waals surface area contributed by atoms with Gasteiger partial charge < -0.3 is 45.2 Å². The lowest BCUT2D eigenvalue weighted by atomic mass is 9.86. The quantitative estimate of drug-likeness (QED) is 0.269. The first-order valence-electron chi connectivity index (χ1n) is 6.67. The second-order valence-electron chi connectivity index (χ2n) is 5.40. The molecule has 1 radical (unpaired) electrons. The molecular formula is C12H21O9.